The van der Waals surface area contributed by atoms with Crippen molar-refractivity contribution >= 4 is 27.6 Å². The average molecular weight is 258 g/mol. The van der Waals surface area contributed by atoms with Crippen molar-refractivity contribution in [1.82, 2.24) is 0 Å². The van der Waals surface area contributed by atoms with E-state index in [1.54, 1.807) is 18.2 Å². The summed E-state index contributed by atoms with van der Waals surface area (Å²) in [5, 5.41) is 12.0. The highest BCUT2D eigenvalue weighted by Crippen LogP contribution is 2.21. The summed E-state index contributed by atoms with van der Waals surface area (Å²) in [6.45, 7) is 4.05. The van der Waals surface area contributed by atoms with Crippen LogP contribution < -0.4 is 5.32 Å². The summed E-state index contributed by atoms with van der Waals surface area (Å²) in [5.74, 6) is -0.923. The van der Waals surface area contributed by atoms with Gasteiger partial charge in [-0.15, -0.1) is 0 Å². The Morgan fingerprint density at radius 3 is 2.57 bits per heavy atom. The molecule has 0 radical (unpaired) electrons. The topological polar surface area (TPSA) is 49.3 Å². The molecule has 0 saturated heterocycles. The molecule has 0 aliphatic rings. The van der Waals surface area contributed by atoms with E-state index in [2.05, 4.69) is 21.2 Å². The smallest absolute Gasteiger partial charge is 0.336 e. The van der Waals surface area contributed by atoms with Gasteiger partial charge in [0.15, 0.2) is 0 Å². The minimum absolute atomic E-state index is 0.277. The van der Waals surface area contributed by atoms with E-state index in [4.69, 9.17) is 5.11 Å². The van der Waals surface area contributed by atoms with Crippen molar-refractivity contribution in [2.45, 2.75) is 19.9 Å². The third-order valence-electron chi connectivity index (χ3n) is 1.65. The van der Waals surface area contributed by atoms with Crippen molar-refractivity contribution in [3.05, 3.63) is 28.2 Å². The van der Waals surface area contributed by atoms with Gasteiger partial charge in [-0.25, -0.2) is 4.79 Å². The molecule has 0 saturated carbocycles. The SMILES string of the molecule is CC(C)Nc1ccc(C(=O)O)c(Br)c1. The van der Waals surface area contributed by atoms with E-state index in [1.165, 1.54) is 0 Å². The zero-order valence-corrected chi connectivity index (χ0v) is 9.63. The number of anilines is 1. The maximum absolute atomic E-state index is 10.7. The third kappa shape index (κ3) is 2.73. The molecule has 14 heavy (non-hydrogen) atoms. The molecule has 0 aromatic heterocycles. The van der Waals surface area contributed by atoms with Crippen LogP contribution in [-0.4, -0.2) is 17.1 Å². The number of carbonyl (C=O) groups is 1. The summed E-state index contributed by atoms with van der Waals surface area (Å²) < 4.78 is 0.593. The summed E-state index contributed by atoms with van der Waals surface area (Å²) in [6, 6.07) is 5.44. The molecular formula is C10H12BrNO2. The number of halogens is 1. The minimum atomic E-state index is -0.923. The monoisotopic (exact) mass is 257 g/mol. The van der Waals surface area contributed by atoms with Crippen LogP contribution in [0.1, 0.15) is 24.2 Å². The zero-order valence-electron chi connectivity index (χ0n) is 8.04. The van der Waals surface area contributed by atoms with Gasteiger partial charge in [0.25, 0.3) is 0 Å². The normalized spacial score (nSPS) is 10.3. The van der Waals surface area contributed by atoms with Gasteiger partial charge >= 0.3 is 5.97 Å². The summed E-state index contributed by atoms with van der Waals surface area (Å²) in [5.41, 5.74) is 1.19. The first-order valence-corrected chi connectivity index (χ1v) is 5.09. The molecule has 0 aliphatic carbocycles. The van der Waals surface area contributed by atoms with Crippen molar-refractivity contribution in [3.63, 3.8) is 0 Å². The van der Waals surface area contributed by atoms with E-state index in [1.807, 2.05) is 13.8 Å². The zero-order chi connectivity index (χ0) is 10.7. The van der Waals surface area contributed by atoms with Gasteiger partial charge in [-0.05, 0) is 48.0 Å². The van der Waals surface area contributed by atoms with Crippen LogP contribution in [0, 0.1) is 0 Å². The van der Waals surface area contributed by atoms with Crippen LogP contribution in [0.25, 0.3) is 0 Å². The first kappa shape index (κ1) is 11.0. The Morgan fingerprint density at radius 1 is 1.50 bits per heavy atom. The Hall–Kier alpha value is -1.03. The van der Waals surface area contributed by atoms with Crippen molar-refractivity contribution in [3.8, 4) is 0 Å². The summed E-state index contributed by atoms with van der Waals surface area (Å²) >= 11 is 3.22. The molecule has 0 bridgehead atoms. The fraction of sp³-hybridized carbons (Fsp3) is 0.300. The van der Waals surface area contributed by atoms with E-state index in [-0.39, 0.29) is 5.56 Å². The van der Waals surface area contributed by atoms with Crippen molar-refractivity contribution in [2.75, 3.05) is 5.32 Å². The summed E-state index contributed by atoms with van der Waals surface area (Å²) in [4.78, 5) is 10.7. The number of benzene rings is 1. The van der Waals surface area contributed by atoms with Crippen molar-refractivity contribution in [1.29, 1.82) is 0 Å². The molecule has 0 atom stereocenters. The number of nitrogens with one attached hydrogen (secondary N) is 1. The lowest BCUT2D eigenvalue weighted by Crippen LogP contribution is -2.10. The molecular weight excluding hydrogens is 246 g/mol. The lowest BCUT2D eigenvalue weighted by Gasteiger charge is -2.10. The van der Waals surface area contributed by atoms with Crippen LogP contribution in [0.15, 0.2) is 22.7 Å². The Labute approximate surface area is 91.3 Å². The lowest BCUT2D eigenvalue weighted by molar-refractivity contribution is 0.0696. The second-order valence-corrected chi connectivity index (χ2v) is 4.15. The molecule has 76 valence electrons. The van der Waals surface area contributed by atoms with E-state index >= 15 is 0 Å². The number of carboxylic acids is 1. The van der Waals surface area contributed by atoms with E-state index in [0.717, 1.165) is 5.69 Å². The molecule has 1 aromatic rings. The fourth-order valence-electron chi connectivity index (χ4n) is 1.11. The van der Waals surface area contributed by atoms with Gasteiger partial charge in [-0.1, -0.05) is 0 Å². The highest BCUT2D eigenvalue weighted by Gasteiger charge is 2.08. The van der Waals surface area contributed by atoms with E-state index in [9.17, 15) is 4.79 Å². The van der Waals surface area contributed by atoms with Crippen LogP contribution in [0.4, 0.5) is 5.69 Å². The second kappa shape index (κ2) is 4.46. The number of carboxylic acid groups (broad SMARTS) is 1. The van der Waals surface area contributed by atoms with Gasteiger partial charge in [0.1, 0.15) is 0 Å². The molecule has 0 aliphatic heterocycles. The quantitative estimate of drug-likeness (QED) is 0.876. The maximum Gasteiger partial charge on any atom is 0.336 e. The van der Waals surface area contributed by atoms with Crippen molar-refractivity contribution < 1.29 is 9.90 Å². The maximum atomic E-state index is 10.7. The van der Waals surface area contributed by atoms with Gasteiger partial charge in [0, 0.05) is 16.2 Å². The van der Waals surface area contributed by atoms with Crippen LogP contribution in [0.2, 0.25) is 0 Å². The number of aromatic carboxylic acids is 1. The fourth-order valence-corrected chi connectivity index (χ4v) is 1.66. The molecule has 3 nitrogen and oxygen atoms in total. The second-order valence-electron chi connectivity index (χ2n) is 3.30. The van der Waals surface area contributed by atoms with Gasteiger partial charge in [-0.2, -0.15) is 0 Å². The van der Waals surface area contributed by atoms with Gasteiger partial charge in [0.05, 0.1) is 5.56 Å². The molecule has 1 rings (SSSR count). The highest BCUT2D eigenvalue weighted by atomic mass is 79.9. The first-order valence-electron chi connectivity index (χ1n) is 4.30. The summed E-state index contributed by atoms with van der Waals surface area (Å²) in [6.07, 6.45) is 0. The van der Waals surface area contributed by atoms with Crippen LogP contribution >= 0.6 is 15.9 Å². The molecule has 0 fully saturated rings. The number of hydrogen-bond acceptors (Lipinski definition) is 2. The largest absolute Gasteiger partial charge is 0.478 e. The van der Waals surface area contributed by atoms with Gasteiger partial charge < -0.3 is 10.4 Å². The molecule has 1 aromatic carbocycles. The Bertz CT molecular complexity index is 350. The molecule has 0 unspecified atom stereocenters. The predicted octanol–water partition coefficient (Wildman–Crippen LogP) is 2.97. The molecule has 0 heterocycles. The standard InChI is InChI=1S/C10H12BrNO2/c1-6(2)12-7-3-4-8(10(13)14)9(11)5-7/h3-6,12H,1-2H3,(H,13,14). The lowest BCUT2D eigenvalue weighted by atomic mass is 10.2. The molecule has 0 amide bonds. The Kier molecular flexibility index (Phi) is 3.52. The minimum Gasteiger partial charge on any atom is -0.478 e. The van der Waals surface area contributed by atoms with Gasteiger partial charge in [-0.3, -0.25) is 0 Å². The van der Waals surface area contributed by atoms with Crippen LogP contribution in [0.5, 0.6) is 0 Å². The molecule has 4 heteroatoms. The van der Waals surface area contributed by atoms with E-state index < -0.39 is 5.97 Å². The molecule has 0 spiro atoms. The predicted molar refractivity (Wildman–Crippen MR) is 59.9 cm³/mol. The summed E-state index contributed by atoms with van der Waals surface area (Å²) in [7, 11) is 0. The highest BCUT2D eigenvalue weighted by molar-refractivity contribution is 9.10. The molecule has 2 N–H and O–H groups in total. The van der Waals surface area contributed by atoms with E-state index in [0.29, 0.717) is 10.5 Å². The first-order chi connectivity index (χ1) is 6.50. The third-order valence-corrected chi connectivity index (χ3v) is 2.31. The Morgan fingerprint density at radius 2 is 2.14 bits per heavy atom. The van der Waals surface area contributed by atoms with Crippen molar-refractivity contribution in [2.24, 2.45) is 0 Å². The van der Waals surface area contributed by atoms with Crippen LogP contribution in [-0.2, 0) is 0 Å². The van der Waals surface area contributed by atoms with Crippen LogP contribution in [0.3, 0.4) is 0 Å². The number of hydrogen-bond donors (Lipinski definition) is 2. The number of rotatable bonds is 3. The van der Waals surface area contributed by atoms with Gasteiger partial charge in [0.2, 0.25) is 0 Å². The average Bonchev–Trinajstić information content (AvgIpc) is 2.01. The Balaban J connectivity index is 2.94.